The molecule has 0 radical (unpaired) electrons. The van der Waals surface area contributed by atoms with E-state index in [0.717, 1.165) is 25.0 Å². The molecule has 1 saturated heterocycles. The van der Waals surface area contributed by atoms with E-state index in [4.69, 9.17) is 17.3 Å². The summed E-state index contributed by atoms with van der Waals surface area (Å²) < 4.78 is 38.9. The van der Waals surface area contributed by atoms with Gasteiger partial charge >= 0.3 is 0 Å². The van der Waals surface area contributed by atoms with Crippen LogP contribution >= 0.6 is 11.6 Å². The molecule has 0 amide bonds. The third kappa shape index (κ3) is 2.66. The maximum atomic E-state index is 13.0. The summed E-state index contributed by atoms with van der Waals surface area (Å²) in [5, 5.41) is -0.197. The molecule has 1 heterocycles. The monoisotopic (exact) mass is 292 g/mol. The second-order valence-corrected chi connectivity index (χ2v) is 6.69. The van der Waals surface area contributed by atoms with Gasteiger partial charge in [0.2, 0.25) is 10.0 Å². The molecule has 1 aliphatic rings. The van der Waals surface area contributed by atoms with E-state index >= 15 is 0 Å². The molecule has 0 aliphatic carbocycles. The summed E-state index contributed by atoms with van der Waals surface area (Å²) in [5.74, 6) is -0.633. The van der Waals surface area contributed by atoms with Gasteiger partial charge in [0.05, 0.1) is 9.92 Å². The predicted molar refractivity (Wildman–Crippen MR) is 67.4 cm³/mol. The molecule has 7 heteroatoms. The molecule has 0 unspecified atom stereocenters. The van der Waals surface area contributed by atoms with Gasteiger partial charge < -0.3 is 5.73 Å². The number of sulfonamides is 1. The van der Waals surface area contributed by atoms with Crippen LogP contribution in [0.25, 0.3) is 0 Å². The van der Waals surface area contributed by atoms with Gasteiger partial charge in [0.1, 0.15) is 5.82 Å². The van der Waals surface area contributed by atoms with Gasteiger partial charge in [0, 0.05) is 19.1 Å². The molecule has 1 fully saturated rings. The molecule has 0 spiro atoms. The highest BCUT2D eigenvalue weighted by Crippen LogP contribution is 2.24. The van der Waals surface area contributed by atoms with Crippen molar-refractivity contribution < 1.29 is 12.8 Å². The number of halogens is 2. The summed E-state index contributed by atoms with van der Waals surface area (Å²) >= 11 is 5.60. The average Bonchev–Trinajstić information content (AvgIpc) is 2.32. The Balaban J connectivity index is 2.32. The van der Waals surface area contributed by atoms with Gasteiger partial charge in [-0.1, -0.05) is 11.6 Å². The van der Waals surface area contributed by atoms with E-state index in [1.165, 1.54) is 10.4 Å². The highest BCUT2D eigenvalue weighted by Gasteiger charge is 2.29. The largest absolute Gasteiger partial charge is 0.327 e. The first-order valence-corrected chi connectivity index (χ1v) is 7.44. The highest BCUT2D eigenvalue weighted by atomic mass is 35.5. The molecular weight excluding hydrogens is 279 g/mol. The molecule has 18 heavy (non-hydrogen) atoms. The van der Waals surface area contributed by atoms with Crippen molar-refractivity contribution in [1.82, 2.24) is 4.31 Å². The van der Waals surface area contributed by atoms with Crippen molar-refractivity contribution in [3.63, 3.8) is 0 Å². The van der Waals surface area contributed by atoms with Crippen molar-refractivity contribution in [2.75, 3.05) is 13.1 Å². The van der Waals surface area contributed by atoms with E-state index < -0.39 is 15.8 Å². The SMILES string of the molecule is N[C@@H]1CCCN(S(=O)(=O)c2ccc(F)c(Cl)c2)C1. The number of rotatable bonds is 2. The van der Waals surface area contributed by atoms with Crippen molar-refractivity contribution in [3.05, 3.63) is 29.0 Å². The van der Waals surface area contributed by atoms with Crippen LogP contribution in [0.3, 0.4) is 0 Å². The fourth-order valence-electron chi connectivity index (χ4n) is 1.98. The Kier molecular flexibility index (Phi) is 3.91. The molecule has 0 aromatic heterocycles. The third-order valence-electron chi connectivity index (χ3n) is 2.95. The van der Waals surface area contributed by atoms with Gasteiger partial charge in [-0.25, -0.2) is 12.8 Å². The van der Waals surface area contributed by atoms with Crippen LogP contribution in [0.2, 0.25) is 5.02 Å². The van der Waals surface area contributed by atoms with Crippen molar-refractivity contribution >= 4 is 21.6 Å². The zero-order valence-corrected chi connectivity index (χ0v) is 11.2. The summed E-state index contributed by atoms with van der Waals surface area (Å²) in [7, 11) is -3.63. The molecule has 1 aromatic carbocycles. The standard InChI is InChI=1S/C11H14ClFN2O2S/c12-10-6-9(3-4-11(10)13)18(16,17)15-5-1-2-8(14)7-15/h3-4,6,8H,1-2,5,7,14H2/t8-/m1/s1. The Labute approximate surface area is 111 Å². The highest BCUT2D eigenvalue weighted by molar-refractivity contribution is 7.89. The number of hydrogen-bond acceptors (Lipinski definition) is 3. The van der Waals surface area contributed by atoms with Crippen LogP contribution < -0.4 is 5.73 Å². The first-order valence-electron chi connectivity index (χ1n) is 5.62. The Morgan fingerprint density at radius 1 is 1.44 bits per heavy atom. The minimum atomic E-state index is -3.63. The maximum Gasteiger partial charge on any atom is 0.243 e. The topological polar surface area (TPSA) is 63.4 Å². The fourth-order valence-corrected chi connectivity index (χ4v) is 3.79. The van der Waals surface area contributed by atoms with Gasteiger partial charge in [0.25, 0.3) is 0 Å². The van der Waals surface area contributed by atoms with Crippen LogP contribution in [0.15, 0.2) is 23.1 Å². The average molecular weight is 293 g/mol. The molecule has 0 bridgehead atoms. The second kappa shape index (κ2) is 5.13. The summed E-state index contributed by atoms with van der Waals surface area (Å²) in [5.41, 5.74) is 5.76. The van der Waals surface area contributed by atoms with E-state index in [1.54, 1.807) is 0 Å². The van der Waals surface area contributed by atoms with Crippen LogP contribution in [-0.2, 0) is 10.0 Å². The van der Waals surface area contributed by atoms with E-state index in [2.05, 4.69) is 0 Å². The van der Waals surface area contributed by atoms with Crippen LogP contribution in [0.4, 0.5) is 4.39 Å². The van der Waals surface area contributed by atoms with Crippen molar-refractivity contribution in [1.29, 1.82) is 0 Å². The summed E-state index contributed by atoms with van der Waals surface area (Å²) in [6.07, 6.45) is 1.55. The van der Waals surface area contributed by atoms with Gasteiger partial charge in [-0.2, -0.15) is 4.31 Å². The quantitative estimate of drug-likeness (QED) is 0.900. The Morgan fingerprint density at radius 3 is 2.78 bits per heavy atom. The van der Waals surface area contributed by atoms with Crippen LogP contribution in [0.1, 0.15) is 12.8 Å². The van der Waals surface area contributed by atoms with E-state index in [9.17, 15) is 12.8 Å². The van der Waals surface area contributed by atoms with Gasteiger partial charge in [-0.3, -0.25) is 0 Å². The lowest BCUT2D eigenvalue weighted by atomic mass is 10.1. The van der Waals surface area contributed by atoms with Gasteiger partial charge in [-0.15, -0.1) is 0 Å². The van der Waals surface area contributed by atoms with Crippen LogP contribution in [0.5, 0.6) is 0 Å². The molecule has 4 nitrogen and oxygen atoms in total. The Morgan fingerprint density at radius 2 is 2.17 bits per heavy atom. The van der Waals surface area contributed by atoms with Gasteiger partial charge in [0.15, 0.2) is 0 Å². The lowest BCUT2D eigenvalue weighted by molar-refractivity contribution is 0.316. The first kappa shape index (κ1) is 13.7. The minimum absolute atomic E-state index is 0.00278. The minimum Gasteiger partial charge on any atom is -0.327 e. The van der Waals surface area contributed by atoms with Crippen molar-refractivity contribution in [3.8, 4) is 0 Å². The van der Waals surface area contributed by atoms with Crippen LogP contribution in [-0.4, -0.2) is 31.9 Å². The lowest BCUT2D eigenvalue weighted by Gasteiger charge is -2.29. The molecule has 0 saturated carbocycles. The number of nitrogens with two attached hydrogens (primary N) is 1. The first-order chi connectivity index (χ1) is 8.41. The molecule has 1 aliphatic heterocycles. The van der Waals surface area contributed by atoms with Crippen molar-refractivity contribution in [2.24, 2.45) is 5.73 Å². The van der Waals surface area contributed by atoms with E-state index in [0.29, 0.717) is 6.54 Å². The molecule has 1 aromatic rings. The fraction of sp³-hybridized carbons (Fsp3) is 0.455. The predicted octanol–water partition coefficient (Wildman–Crippen LogP) is 1.59. The second-order valence-electron chi connectivity index (χ2n) is 4.34. The smallest absolute Gasteiger partial charge is 0.243 e. The number of hydrogen-bond donors (Lipinski definition) is 1. The molecular formula is C11H14ClFN2O2S. The Hall–Kier alpha value is -0.690. The van der Waals surface area contributed by atoms with Crippen LogP contribution in [0, 0.1) is 5.82 Å². The maximum absolute atomic E-state index is 13.0. The number of nitrogens with zero attached hydrogens (tertiary/aromatic N) is 1. The zero-order valence-electron chi connectivity index (χ0n) is 9.64. The van der Waals surface area contributed by atoms with E-state index in [-0.39, 0.29) is 22.5 Å². The molecule has 2 rings (SSSR count). The molecule has 1 atom stereocenters. The molecule has 100 valence electrons. The summed E-state index contributed by atoms with van der Waals surface area (Å²) in [4.78, 5) is 0.00278. The zero-order chi connectivity index (χ0) is 13.3. The summed E-state index contributed by atoms with van der Waals surface area (Å²) in [6.45, 7) is 0.725. The van der Waals surface area contributed by atoms with E-state index in [1.807, 2.05) is 0 Å². The Bertz CT molecular complexity index is 550. The van der Waals surface area contributed by atoms with Crippen molar-refractivity contribution in [2.45, 2.75) is 23.8 Å². The third-order valence-corrected chi connectivity index (χ3v) is 5.10. The van der Waals surface area contributed by atoms with Gasteiger partial charge in [-0.05, 0) is 31.0 Å². The molecule has 2 N–H and O–H groups in total. The number of piperidine rings is 1. The number of benzene rings is 1. The lowest BCUT2D eigenvalue weighted by Crippen LogP contribution is -2.45. The normalized spacial score (nSPS) is 22.1. The summed E-state index contributed by atoms with van der Waals surface area (Å²) in [6, 6.07) is 3.26.